The van der Waals surface area contributed by atoms with Crippen LogP contribution in [-0.2, 0) is 14.8 Å². The molecule has 0 aromatic carbocycles. The third-order valence-electron chi connectivity index (χ3n) is 1.67. The van der Waals surface area contributed by atoms with Gasteiger partial charge >= 0.3 is 0 Å². The fourth-order valence-electron chi connectivity index (χ4n) is 0.968. The number of hydrogen-bond acceptors (Lipinski definition) is 4. The van der Waals surface area contributed by atoms with Gasteiger partial charge in [-0.15, -0.1) is 0 Å². The predicted octanol–water partition coefficient (Wildman–Crippen LogP) is -1.22. The van der Waals surface area contributed by atoms with Crippen LogP contribution in [0, 0.1) is 0 Å². The maximum atomic E-state index is 11.1. The number of sulfonamides is 1. The molecular weight excluding hydrogens is 218 g/mol. The second-order valence-corrected chi connectivity index (χ2v) is 4.99. The van der Waals surface area contributed by atoms with Gasteiger partial charge in [-0.2, -0.15) is 0 Å². The summed E-state index contributed by atoms with van der Waals surface area (Å²) in [5.74, 6) is -0.248. The van der Waals surface area contributed by atoms with Crippen molar-refractivity contribution in [2.45, 2.75) is 19.8 Å². The molecule has 0 bridgehead atoms. The number of carbonyl (C=O) groups excluding carboxylic acids is 1. The molecular formula is C8H19N3O3S. The van der Waals surface area contributed by atoms with Crippen molar-refractivity contribution in [1.82, 2.24) is 10.0 Å². The summed E-state index contributed by atoms with van der Waals surface area (Å²) in [4.78, 5) is 11.1. The van der Waals surface area contributed by atoms with Crippen molar-refractivity contribution in [3.05, 3.63) is 0 Å². The van der Waals surface area contributed by atoms with Gasteiger partial charge in [0.05, 0.1) is 5.75 Å². The molecule has 0 radical (unpaired) electrons. The minimum absolute atomic E-state index is 0.0881. The number of hydrogen-bond donors (Lipinski definition) is 3. The molecule has 0 aromatic heterocycles. The molecule has 1 amide bonds. The molecule has 7 heteroatoms. The number of nitrogens with one attached hydrogen (secondary N) is 2. The van der Waals surface area contributed by atoms with Gasteiger partial charge in [0.25, 0.3) is 0 Å². The summed E-state index contributed by atoms with van der Waals surface area (Å²) >= 11 is 0. The van der Waals surface area contributed by atoms with Gasteiger partial charge in [-0.1, -0.05) is 6.92 Å². The van der Waals surface area contributed by atoms with E-state index in [1.54, 1.807) is 6.92 Å². The molecule has 6 nitrogen and oxygen atoms in total. The van der Waals surface area contributed by atoms with Crippen LogP contribution >= 0.6 is 0 Å². The van der Waals surface area contributed by atoms with Gasteiger partial charge in [0, 0.05) is 19.5 Å². The highest BCUT2D eigenvalue weighted by Gasteiger charge is 2.08. The molecule has 0 saturated heterocycles. The predicted molar refractivity (Wildman–Crippen MR) is 58.8 cm³/mol. The van der Waals surface area contributed by atoms with E-state index < -0.39 is 10.0 Å². The fraction of sp³-hybridized carbons (Fsp3) is 0.875. The standard InChI is InChI=1S/C8H19N3O3S/c1-2-11-15(13,14)7-6-10-8(12)4-3-5-9/h11H,2-7,9H2,1H3,(H,10,12). The highest BCUT2D eigenvalue weighted by Crippen LogP contribution is 1.86. The lowest BCUT2D eigenvalue weighted by Gasteiger charge is -2.06. The Balaban J connectivity index is 3.65. The first-order chi connectivity index (χ1) is 7.02. The Bertz CT molecular complexity index is 277. The first-order valence-electron chi connectivity index (χ1n) is 4.96. The van der Waals surface area contributed by atoms with Gasteiger partial charge < -0.3 is 11.1 Å². The van der Waals surface area contributed by atoms with Crippen molar-refractivity contribution in [3.8, 4) is 0 Å². The van der Waals surface area contributed by atoms with E-state index in [1.807, 2.05) is 0 Å². The van der Waals surface area contributed by atoms with E-state index in [-0.39, 0.29) is 18.2 Å². The molecule has 0 fully saturated rings. The largest absolute Gasteiger partial charge is 0.355 e. The van der Waals surface area contributed by atoms with Gasteiger partial charge in [-0.05, 0) is 13.0 Å². The van der Waals surface area contributed by atoms with Gasteiger partial charge in [-0.25, -0.2) is 13.1 Å². The summed E-state index contributed by atoms with van der Waals surface area (Å²) in [7, 11) is -3.24. The first-order valence-corrected chi connectivity index (χ1v) is 6.61. The first kappa shape index (κ1) is 14.3. The van der Waals surface area contributed by atoms with E-state index in [1.165, 1.54) is 0 Å². The van der Waals surface area contributed by atoms with Crippen LogP contribution < -0.4 is 15.8 Å². The summed E-state index contributed by atoms with van der Waals surface area (Å²) in [6, 6.07) is 0. The maximum absolute atomic E-state index is 11.1. The molecule has 0 unspecified atom stereocenters. The molecule has 0 atom stereocenters. The molecule has 15 heavy (non-hydrogen) atoms. The van der Waals surface area contributed by atoms with E-state index in [0.29, 0.717) is 25.9 Å². The minimum atomic E-state index is -3.24. The Morgan fingerprint density at radius 2 is 2.07 bits per heavy atom. The third kappa shape index (κ3) is 8.34. The lowest BCUT2D eigenvalue weighted by Crippen LogP contribution is -2.34. The van der Waals surface area contributed by atoms with E-state index in [2.05, 4.69) is 10.0 Å². The Morgan fingerprint density at radius 1 is 1.40 bits per heavy atom. The molecule has 0 saturated carbocycles. The lowest BCUT2D eigenvalue weighted by atomic mass is 10.3. The summed E-state index contributed by atoms with van der Waals surface area (Å²) in [6.45, 7) is 2.67. The fourth-order valence-corrected chi connectivity index (χ4v) is 1.92. The van der Waals surface area contributed by atoms with Gasteiger partial charge in [0.2, 0.25) is 15.9 Å². The molecule has 0 aromatic rings. The summed E-state index contributed by atoms with van der Waals surface area (Å²) in [5, 5.41) is 2.52. The van der Waals surface area contributed by atoms with E-state index in [9.17, 15) is 13.2 Å². The average Bonchev–Trinajstić information content (AvgIpc) is 2.14. The Kier molecular flexibility index (Phi) is 7.27. The van der Waals surface area contributed by atoms with Crippen LogP contribution in [0.4, 0.5) is 0 Å². The van der Waals surface area contributed by atoms with Gasteiger partial charge in [0.1, 0.15) is 0 Å². The van der Waals surface area contributed by atoms with Gasteiger partial charge in [0.15, 0.2) is 0 Å². The van der Waals surface area contributed by atoms with Crippen molar-refractivity contribution >= 4 is 15.9 Å². The maximum Gasteiger partial charge on any atom is 0.220 e. The zero-order valence-electron chi connectivity index (χ0n) is 8.95. The van der Waals surface area contributed by atoms with Crippen molar-refractivity contribution in [3.63, 3.8) is 0 Å². The molecule has 0 spiro atoms. The lowest BCUT2D eigenvalue weighted by molar-refractivity contribution is -0.121. The van der Waals surface area contributed by atoms with Crippen LogP contribution in [0.3, 0.4) is 0 Å². The number of rotatable bonds is 8. The van der Waals surface area contributed by atoms with Crippen molar-refractivity contribution in [2.75, 3.05) is 25.4 Å². The molecule has 0 aliphatic heterocycles. The van der Waals surface area contributed by atoms with Crippen LogP contribution in [0.5, 0.6) is 0 Å². The normalized spacial score (nSPS) is 11.3. The minimum Gasteiger partial charge on any atom is -0.355 e. The zero-order chi connectivity index (χ0) is 11.7. The summed E-state index contributed by atoms with van der Waals surface area (Å²) in [5.41, 5.74) is 5.23. The molecule has 0 heterocycles. The SMILES string of the molecule is CCNS(=O)(=O)CCNC(=O)CCCN. The summed E-state index contributed by atoms with van der Waals surface area (Å²) in [6.07, 6.45) is 0.962. The molecule has 90 valence electrons. The Morgan fingerprint density at radius 3 is 2.60 bits per heavy atom. The van der Waals surface area contributed by atoms with Crippen molar-refractivity contribution in [1.29, 1.82) is 0 Å². The smallest absolute Gasteiger partial charge is 0.220 e. The second kappa shape index (κ2) is 7.61. The molecule has 0 aliphatic carbocycles. The van der Waals surface area contributed by atoms with Crippen LogP contribution in [-0.4, -0.2) is 39.7 Å². The highest BCUT2D eigenvalue weighted by molar-refractivity contribution is 7.89. The number of nitrogens with two attached hydrogens (primary N) is 1. The quantitative estimate of drug-likeness (QED) is 0.492. The highest BCUT2D eigenvalue weighted by atomic mass is 32.2. The number of amides is 1. The van der Waals surface area contributed by atoms with E-state index in [4.69, 9.17) is 5.73 Å². The monoisotopic (exact) mass is 237 g/mol. The second-order valence-electron chi connectivity index (χ2n) is 3.06. The molecule has 0 aliphatic rings. The van der Waals surface area contributed by atoms with E-state index in [0.717, 1.165) is 0 Å². The van der Waals surface area contributed by atoms with E-state index >= 15 is 0 Å². The van der Waals surface area contributed by atoms with Crippen LogP contribution in [0.25, 0.3) is 0 Å². The van der Waals surface area contributed by atoms with Crippen molar-refractivity contribution < 1.29 is 13.2 Å². The van der Waals surface area contributed by atoms with Crippen LogP contribution in [0.2, 0.25) is 0 Å². The topological polar surface area (TPSA) is 101 Å². The Labute approximate surface area is 90.7 Å². The molecule has 4 N–H and O–H groups in total. The molecule has 0 rings (SSSR count). The average molecular weight is 237 g/mol. The zero-order valence-corrected chi connectivity index (χ0v) is 9.77. The van der Waals surface area contributed by atoms with Crippen molar-refractivity contribution in [2.24, 2.45) is 5.73 Å². The van der Waals surface area contributed by atoms with Crippen LogP contribution in [0.1, 0.15) is 19.8 Å². The van der Waals surface area contributed by atoms with Gasteiger partial charge in [-0.3, -0.25) is 4.79 Å². The Hall–Kier alpha value is -0.660. The van der Waals surface area contributed by atoms with Crippen LogP contribution in [0.15, 0.2) is 0 Å². The third-order valence-corrected chi connectivity index (χ3v) is 3.14. The number of carbonyl (C=O) groups is 1. The summed E-state index contributed by atoms with van der Waals surface area (Å²) < 4.78 is 24.6.